The van der Waals surface area contributed by atoms with Gasteiger partial charge < -0.3 is 30.2 Å². The third-order valence-corrected chi connectivity index (χ3v) is 7.17. The number of nitrogens with zero attached hydrogens (tertiary/aromatic N) is 4. The number of hydrogen-bond donors (Lipinski definition) is 3. The lowest BCUT2D eigenvalue weighted by Crippen LogP contribution is -2.42. The lowest BCUT2D eigenvalue weighted by Gasteiger charge is -2.22. The van der Waals surface area contributed by atoms with Gasteiger partial charge in [-0.3, -0.25) is 14.6 Å². The molecule has 3 aromatic rings. The molecule has 240 valence electrons. The van der Waals surface area contributed by atoms with Crippen LogP contribution >= 0.6 is 11.6 Å². The molecule has 1 unspecified atom stereocenters. The molecule has 1 aliphatic carbocycles. The number of fused-ring (bicyclic) bond motifs is 2. The summed E-state index contributed by atoms with van der Waals surface area (Å²) in [6.07, 6.45) is 9.70. The molecule has 1 atom stereocenters. The molecule has 1 fully saturated rings. The highest BCUT2D eigenvalue weighted by Gasteiger charge is 2.25. The first kappa shape index (κ1) is 36.6. The molecule has 11 heteroatoms. The lowest BCUT2D eigenvalue weighted by atomic mass is 9.92. The van der Waals surface area contributed by atoms with Crippen molar-refractivity contribution in [3.63, 3.8) is 0 Å². The zero-order valence-corrected chi connectivity index (χ0v) is 27.8. The van der Waals surface area contributed by atoms with Crippen LogP contribution in [-0.2, 0) is 27.8 Å². The van der Waals surface area contributed by atoms with Crippen LogP contribution in [0, 0.1) is 0 Å². The van der Waals surface area contributed by atoms with Crippen molar-refractivity contribution in [2.45, 2.75) is 45.8 Å². The van der Waals surface area contributed by atoms with Gasteiger partial charge in [-0.1, -0.05) is 30.7 Å². The van der Waals surface area contributed by atoms with E-state index in [4.69, 9.17) is 16.3 Å². The van der Waals surface area contributed by atoms with Crippen LogP contribution in [0.25, 0.3) is 11.6 Å². The number of nitrogens with one attached hydrogen (secondary N) is 3. The van der Waals surface area contributed by atoms with Crippen LogP contribution in [0.15, 0.2) is 49.1 Å². The van der Waals surface area contributed by atoms with Crippen LogP contribution in [0.4, 0.5) is 0 Å². The summed E-state index contributed by atoms with van der Waals surface area (Å²) in [6.45, 7) is 12.8. The number of benzene rings is 1. The van der Waals surface area contributed by atoms with Crippen molar-refractivity contribution >= 4 is 36.1 Å². The summed E-state index contributed by atoms with van der Waals surface area (Å²) >= 11 is 6.29. The third-order valence-electron chi connectivity index (χ3n) is 6.94. The highest BCUT2D eigenvalue weighted by Crippen LogP contribution is 2.38. The second-order valence-corrected chi connectivity index (χ2v) is 11.6. The monoisotopic (exact) mass is 625 g/mol. The summed E-state index contributed by atoms with van der Waals surface area (Å²) < 4.78 is 6.84. The second-order valence-electron chi connectivity index (χ2n) is 11.2. The zero-order chi connectivity index (χ0) is 32.5. The number of rotatable bonds is 6. The van der Waals surface area contributed by atoms with Crippen molar-refractivity contribution in [1.29, 1.82) is 0 Å². The van der Waals surface area contributed by atoms with Gasteiger partial charge in [0.2, 0.25) is 12.8 Å². The zero-order valence-electron chi connectivity index (χ0n) is 27.1. The molecule has 2 aromatic heterocycles. The van der Waals surface area contributed by atoms with E-state index in [1.54, 1.807) is 30.7 Å². The van der Waals surface area contributed by atoms with E-state index in [2.05, 4.69) is 38.9 Å². The van der Waals surface area contributed by atoms with Gasteiger partial charge in [-0.25, -0.2) is 4.98 Å². The van der Waals surface area contributed by atoms with Gasteiger partial charge in [-0.15, -0.1) is 0 Å². The summed E-state index contributed by atoms with van der Waals surface area (Å²) in [5.41, 5.74) is 6.07. The van der Waals surface area contributed by atoms with Crippen molar-refractivity contribution in [3.05, 3.63) is 82.2 Å². The predicted molar refractivity (Wildman–Crippen MR) is 178 cm³/mol. The van der Waals surface area contributed by atoms with Crippen LogP contribution in [-0.4, -0.2) is 84.7 Å². The minimum atomic E-state index is -0.344. The van der Waals surface area contributed by atoms with Gasteiger partial charge in [-0.2, -0.15) is 0 Å². The lowest BCUT2D eigenvalue weighted by molar-refractivity contribution is -0.118. The van der Waals surface area contributed by atoms with Crippen LogP contribution in [0.2, 0.25) is 5.02 Å². The normalized spacial score (nSPS) is 14.3. The molecule has 1 saturated heterocycles. The Morgan fingerprint density at radius 2 is 1.86 bits per heavy atom. The Morgan fingerprint density at radius 1 is 1.18 bits per heavy atom. The quantitative estimate of drug-likeness (QED) is 0.354. The Morgan fingerprint density at radius 3 is 2.39 bits per heavy atom. The van der Waals surface area contributed by atoms with E-state index >= 15 is 0 Å². The van der Waals surface area contributed by atoms with Crippen molar-refractivity contribution < 1.29 is 14.3 Å². The fourth-order valence-electron chi connectivity index (χ4n) is 4.20. The molecule has 0 bridgehead atoms. The maximum Gasteiger partial charge on any atom is 0.209 e. The molecular formula is C33H48ClN7O3. The van der Waals surface area contributed by atoms with Gasteiger partial charge in [0.15, 0.2) is 0 Å². The molecule has 3 N–H and O–H groups in total. The second kappa shape index (κ2) is 19.0. The standard InChI is InChI=1S/C20H17ClN4O.C5H10N2O.C5H12O.C3H9N/c1-25-11-22-10-19(25)20(24-12-26)17-7-14-3-2-6-23-18(14)8-13-4-5-15(21)9-16(13)17;8-5-7-3-1-6-2-4-7;1-5(2,3)6-4;1-3-4-2/h2-7,9-12,20H,8H2,1H3,(H,24,26);5-6H,1-4H2;1-4H3;4H,3H2,1-2H3. The largest absolute Gasteiger partial charge is 0.379 e. The predicted octanol–water partition coefficient (Wildman–Crippen LogP) is 4.11. The van der Waals surface area contributed by atoms with Crippen molar-refractivity contribution in [2.75, 3.05) is 46.9 Å². The van der Waals surface area contributed by atoms with E-state index in [0.29, 0.717) is 11.4 Å². The highest BCUT2D eigenvalue weighted by molar-refractivity contribution is 6.30. The number of aryl methyl sites for hydroxylation is 1. The third kappa shape index (κ3) is 11.8. The smallest absolute Gasteiger partial charge is 0.209 e. The number of amides is 2. The number of imidazole rings is 1. The number of hydrogen-bond acceptors (Lipinski definition) is 7. The molecule has 1 aliphatic heterocycles. The van der Waals surface area contributed by atoms with Gasteiger partial charge in [-0.05, 0) is 80.9 Å². The fraction of sp³-hybridized carbons (Fsp3) is 0.455. The average molecular weight is 626 g/mol. The number of carbonyl (C=O) groups excluding carboxylic acids is 2. The number of ether oxygens (including phenoxy) is 1. The van der Waals surface area contributed by atoms with Gasteiger partial charge in [0.1, 0.15) is 0 Å². The van der Waals surface area contributed by atoms with Crippen LogP contribution < -0.4 is 16.0 Å². The molecule has 1 aromatic carbocycles. The van der Waals surface area contributed by atoms with Crippen LogP contribution in [0.3, 0.4) is 0 Å². The molecule has 2 aliphatic rings. The summed E-state index contributed by atoms with van der Waals surface area (Å²) in [5.74, 6) is 0. The first-order valence-electron chi connectivity index (χ1n) is 14.8. The molecule has 2 amide bonds. The first-order chi connectivity index (χ1) is 21.1. The Kier molecular flexibility index (Phi) is 15.8. The molecule has 10 nitrogen and oxygen atoms in total. The Hall–Kier alpha value is -3.57. The molecule has 3 heterocycles. The van der Waals surface area contributed by atoms with Gasteiger partial charge in [0.25, 0.3) is 0 Å². The molecular weight excluding hydrogens is 578 g/mol. The molecule has 0 radical (unpaired) electrons. The average Bonchev–Trinajstić information content (AvgIpc) is 3.39. The van der Waals surface area contributed by atoms with Gasteiger partial charge in [0, 0.05) is 58.0 Å². The van der Waals surface area contributed by atoms with Gasteiger partial charge >= 0.3 is 0 Å². The minimum absolute atomic E-state index is 0.0417. The van der Waals surface area contributed by atoms with Crippen molar-refractivity contribution in [2.24, 2.45) is 7.05 Å². The number of pyridine rings is 1. The maximum absolute atomic E-state index is 11.4. The Labute approximate surface area is 267 Å². The number of aromatic nitrogens is 3. The summed E-state index contributed by atoms with van der Waals surface area (Å²) in [5, 5.41) is 9.68. The fourth-order valence-corrected chi connectivity index (χ4v) is 4.37. The van der Waals surface area contributed by atoms with Gasteiger partial charge in [0.05, 0.1) is 35.6 Å². The first-order valence-corrected chi connectivity index (χ1v) is 15.2. The van der Waals surface area contributed by atoms with E-state index in [1.165, 1.54) is 0 Å². The van der Waals surface area contributed by atoms with E-state index in [-0.39, 0.29) is 11.6 Å². The van der Waals surface area contributed by atoms with E-state index in [0.717, 1.165) is 79.2 Å². The summed E-state index contributed by atoms with van der Waals surface area (Å²) in [7, 11) is 5.55. The number of halogens is 1. The SMILES string of the molecule is CCNC.COC(C)(C)C.Cn1cncc1C(NC=O)C1=Cc2cccnc2Cc2ccc(Cl)cc21.O=CN1CCNCC1. The maximum atomic E-state index is 11.4. The summed E-state index contributed by atoms with van der Waals surface area (Å²) in [6, 6.07) is 9.47. The number of carbonyl (C=O) groups is 2. The van der Waals surface area contributed by atoms with E-state index < -0.39 is 0 Å². The van der Waals surface area contributed by atoms with Crippen molar-refractivity contribution in [1.82, 2.24) is 35.4 Å². The topological polar surface area (TPSA) is 113 Å². The minimum Gasteiger partial charge on any atom is -0.379 e. The van der Waals surface area contributed by atoms with Crippen LogP contribution in [0.5, 0.6) is 0 Å². The molecule has 0 saturated carbocycles. The number of piperazine rings is 1. The number of methoxy groups -OCH3 is 1. The highest BCUT2D eigenvalue weighted by atomic mass is 35.5. The molecule has 0 spiro atoms. The van der Waals surface area contributed by atoms with E-state index in [1.807, 2.05) is 69.8 Å². The molecule has 5 rings (SSSR count). The Balaban J connectivity index is 0.000000306. The van der Waals surface area contributed by atoms with E-state index in [9.17, 15) is 9.59 Å². The van der Waals surface area contributed by atoms with Crippen molar-refractivity contribution in [3.8, 4) is 0 Å². The Bertz CT molecular complexity index is 1330. The molecule has 44 heavy (non-hydrogen) atoms. The van der Waals surface area contributed by atoms with Crippen LogP contribution in [0.1, 0.15) is 61.8 Å². The summed E-state index contributed by atoms with van der Waals surface area (Å²) in [4.78, 5) is 31.9.